The van der Waals surface area contributed by atoms with Gasteiger partial charge in [-0.1, -0.05) is 44.2 Å². The lowest BCUT2D eigenvalue weighted by Crippen LogP contribution is -2.47. The minimum atomic E-state index is -0.525. The van der Waals surface area contributed by atoms with E-state index in [4.69, 9.17) is 4.74 Å². The molecule has 1 fully saturated rings. The van der Waals surface area contributed by atoms with E-state index >= 15 is 0 Å². The Kier molecular flexibility index (Phi) is 8.43. The molecule has 9 heteroatoms. The Bertz CT molecular complexity index is 1100. The molecule has 1 atom stereocenters. The van der Waals surface area contributed by atoms with Gasteiger partial charge in [-0.15, -0.1) is 0 Å². The van der Waals surface area contributed by atoms with Crippen LogP contribution >= 0.6 is 0 Å². The van der Waals surface area contributed by atoms with E-state index in [1.165, 1.54) is 23.2 Å². The van der Waals surface area contributed by atoms with Crippen molar-refractivity contribution in [3.63, 3.8) is 0 Å². The van der Waals surface area contributed by atoms with E-state index in [1.54, 1.807) is 49.1 Å². The first-order valence-corrected chi connectivity index (χ1v) is 12.3. The largest absolute Gasteiger partial charge is 0.379 e. The number of carbonyl (C=O) groups is 2. The smallest absolute Gasteiger partial charge is 0.262 e. The number of morpholine rings is 1. The van der Waals surface area contributed by atoms with Gasteiger partial charge in [0.25, 0.3) is 5.91 Å². The zero-order valence-electron chi connectivity index (χ0n) is 20.7. The molecule has 0 aromatic heterocycles. The Morgan fingerprint density at radius 3 is 2.44 bits per heavy atom. The zero-order valence-corrected chi connectivity index (χ0v) is 20.7. The molecule has 2 aromatic carbocycles. The number of benzene rings is 2. The van der Waals surface area contributed by atoms with E-state index in [0.29, 0.717) is 43.1 Å². The summed E-state index contributed by atoms with van der Waals surface area (Å²) in [7, 11) is 0. The molecule has 0 spiro atoms. The van der Waals surface area contributed by atoms with Crippen molar-refractivity contribution < 1.29 is 23.1 Å². The van der Waals surface area contributed by atoms with Gasteiger partial charge in [-0.2, -0.15) is 5.10 Å². The summed E-state index contributed by atoms with van der Waals surface area (Å²) >= 11 is 0. The van der Waals surface area contributed by atoms with Crippen LogP contribution < -0.4 is 0 Å². The van der Waals surface area contributed by atoms with Crippen LogP contribution in [0.1, 0.15) is 37.4 Å². The maximum atomic E-state index is 14.5. The molecular weight excluding hydrogens is 466 g/mol. The van der Waals surface area contributed by atoms with Gasteiger partial charge in [-0.05, 0) is 23.8 Å². The van der Waals surface area contributed by atoms with Crippen LogP contribution in [0.25, 0.3) is 0 Å². The van der Waals surface area contributed by atoms with Gasteiger partial charge in [0.15, 0.2) is 0 Å². The summed E-state index contributed by atoms with van der Waals surface area (Å²) in [5.74, 6) is -1.57. The van der Waals surface area contributed by atoms with Gasteiger partial charge in [0.1, 0.15) is 18.2 Å². The third-order valence-electron chi connectivity index (χ3n) is 6.53. The molecular formula is C27H32F2N4O3. The van der Waals surface area contributed by atoms with E-state index in [0.717, 1.165) is 13.1 Å². The molecule has 2 aliphatic heterocycles. The summed E-state index contributed by atoms with van der Waals surface area (Å²) in [4.78, 5) is 30.3. The number of ether oxygens (including phenoxy) is 1. The fourth-order valence-electron chi connectivity index (χ4n) is 4.50. The highest BCUT2D eigenvalue weighted by molar-refractivity contribution is 6.03. The maximum absolute atomic E-state index is 14.5. The lowest BCUT2D eigenvalue weighted by molar-refractivity contribution is -0.143. The Morgan fingerprint density at radius 2 is 1.78 bits per heavy atom. The molecule has 2 aliphatic rings. The second-order valence-electron chi connectivity index (χ2n) is 9.40. The third kappa shape index (κ3) is 6.14. The highest BCUT2D eigenvalue weighted by atomic mass is 19.1. The zero-order chi connectivity index (χ0) is 25.7. The monoisotopic (exact) mass is 498 g/mol. The van der Waals surface area contributed by atoms with Crippen molar-refractivity contribution in [3.05, 3.63) is 71.3 Å². The molecule has 4 rings (SSSR count). The molecule has 1 saturated heterocycles. The van der Waals surface area contributed by atoms with Crippen LogP contribution in [0, 0.1) is 17.6 Å². The average Bonchev–Trinajstić information content (AvgIpc) is 3.32. The summed E-state index contributed by atoms with van der Waals surface area (Å²) in [5, 5.41) is 5.83. The molecule has 2 heterocycles. The van der Waals surface area contributed by atoms with Gasteiger partial charge in [-0.25, -0.2) is 13.8 Å². The molecule has 1 unspecified atom stereocenters. The fourth-order valence-corrected chi connectivity index (χ4v) is 4.50. The first kappa shape index (κ1) is 25.9. The second-order valence-corrected chi connectivity index (χ2v) is 9.40. The quantitative estimate of drug-likeness (QED) is 0.559. The summed E-state index contributed by atoms with van der Waals surface area (Å²) < 4.78 is 33.5. The summed E-state index contributed by atoms with van der Waals surface area (Å²) in [6.07, 6.45) is 0.282. The topological polar surface area (TPSA) is 65.5 Å². The van der Waals surface area contributed by atoms with Gasteiger partial charge in [0.05, 0.1) is 25.0 Å². The highest BCUT2D eigenvalue weighted by Gasteiger charge is 2.35. The van der Waals surface area contributed by atoms with Crippen molar-refractivity contribution >= 4 is 17.5 Å². The molecule has 0 bridgehead atoms. The van der Waals surface area contributed by atoms with Crippen molar-refractivity contribution in [3.8, 4) is 0 Å². The van der Waals surface area contributed by atoms with Crippen molar-refractivity contribution in [1.82, 2.24) is 14.8 Å². The SMILES string of the molecule is CC(C)C(=O)N(CCN1CCOCC1)CC(=O)N1N=C(c2ccccc2F)CC1c1ccc(F)cc1. The molecule has 0 N–H and O–H groups in total. The van der Waals surface area contributed by atoms with Crippen molar-refractivity contribution in [2.75, 3.05) is 45.9 Å². The van der Waals surface area contributed by atoms with Crippen molar-refractivity contribution in [2.45, 2.75) is 26.3 Å². The molecule has 192 valence electrons. The standard InChI is InChI=1S/C27H32F2N4O3/c1-19(2)27(35)32(12-11-31-13-15-36-16-14-31)18-26(34)33-25(20-7-9-21(28)10-8-20)17-24(30-33)22-5-3-4-6-23(22)29/h3-10,19,25H,11-18H2,1-2H3. The first-order chi connectivity index (χ1) is 17.3. The summed E-state index contributed by atoms with van der Waals surface area (Å²) in [6.45, 7) is 7.38. The number of halogens is 2. The Labute approximate surface area is 210 Å². The Morgan fingerprint density at radius 1 is 1.08 bits per heavy atom. The average molecular weight is 499 g/mol. The summed E-state index contributed by atoms with van der Waals surface area (Å²) in [6, 6.07) is 11.6. The number of nitrogens with zero attached hydrogens (tertiary/aromatic N) is 4. The predicted molar refractivity (Wildman–Crippen MR) is 132 cm³/mol. The van der Waals surface area contributed by atoms with E-state index in [-0.39, 0.29) is 36.5 Å². The van der Waals surface area contributed by atoms with E-state index in [2.05, 4.69) is 10.0 Å². The molecule has 36 heavy (non-hydrogen) atoms. The van der Waals surface area contributed by atoms with Crippen LogP contribution in [0.3, 0.4) is 0 Å². The van der Waals surface area contributed by atoms with E-state index in [9.17, 15) is 18.4 Å². The van der Waals surface area contributed by atoms with Crippen LogP contribution in [0.5, 0.6) is 0 Å². The molecule has 7 nitrogen and oxygen atoms in total. The van der Waals surface area contributed by atoms with Gasteiger partial charge in [0, 0.05) is 44.1 Å². The van der Waals surface area contributed by atoms with Crippen molar-refractivity contribution in [1.29, 1.82) is 0 Å². The van der Waals surface area contributed by atoms with Gasteiger partial charge < -0.3 is 9.64 Å². The predicted octanol–water partition coefficient (Wildman–Crippen LogP) is 3.46. The molecule has 2 aromatic rings. The molecule has 0 aliphatic carbocycles. The van der Waals surface area contributed by atoms with Crippen LogP contribution in [0.4, 0.5) is 8.78 Å². The lowest BCUT2D eigenvalue weighted by atomic mass is 9.98. The molecule has 0 saturated carbocycles. The number of hydrogen-bond acceptors (Lipinski definition) is 5. The fraction of sp³-hybridized carbons (Fsp3) is 0.444. The first-order valence-electron chi connectivity index (χ1n) is 12.3. The van der Waals surface area contributed by atoms with Crippen LogP contribution in [0.2, 0.25) is 0 Å². The highest BCUT2D eigenvalue weighted by Crippen LogP contribution is 2.33. The summed E-state index contributed by atoms with van der Waals surface area (Å²) in [5.41, 5.74) is 1.45. The number of carbonyl (C=O) groups excluding carboxylic acids is 2. The number of amides is 2. The normalized spacial score (nSPS) is 18.4. The minimum Gasteiger partial charge on any atom is -0.379 e. The Hall–Kier alpha value is -3.17. The number of hydrazone groups is 1. The van der Waals surface area contributed by atoms with E-state index in [1.807, 2.05) is 0 Å². The van der Waals surface area contributed by atoms with Crippen LogP contribution in [0.15, 0.2) is 53.6 Å². The maximum Gasteiger partial charge on any atom is 0.262 e. The Balaban J connectivity index is 1.57. The van der Waals surface area contributed by atoms with E-state index < -0.39 is 11.9 Å². The second kappa shape index (κ2) is 11.7. The van der Waals surface area contributed by atoms with Crippen LogP contribution in [-0.4, -0.2) is 78.3 Å². The molecule has 0 radical (unpaired) electrons. The van der Waals surface area contributed by atoms with Gasteiger partial charge in [-0.3, -0.25) is 14.5 Å². The van der Waals surface area contributed by atoms with Gasteiger partial charge in [0.2, 0.25) is 5.91 Å². The minimum absolute atomic E-state index is 0.118. The number of rotatable bonds is 8. The van der Waals surface area contributed by atoms with Gasteiger partial charge >= 0.3 is 0 Å². The third-order valence-corrected chi connectivity index (χ3v) is 6.53. The van der Waals surface area contributed by atoms with Crippen LogP contribution in [-0.2, 0) is 14.3 Å². The number of hydrogen-bond donors (Lipinski definition) is 0. The lowest BCUT2D eigenvalue weighted by Gasteiger charge is -2.31. The molecule has 2 amide bonds. The van der Waals surface area contributed by atoms with Crippen molar-refractivity contribution in [2.24, 2.45) is 11.0 Å².